The molecule has 2 nitrogen and oxygen atoms in total. The second-order valence-corrected chi connectivity index (χ2v) is 6.62. The SMILES string of the molecule is N#CC1(C2(O)CCc3cc(F)ccc32)CCCCCCC1. The summed E-state index contributed by atoms with van der Waals surface area (Å²) < 4.78 is 13.4. The summed E-state index contributed by atoms with van der Waals surface area (Å²) in [4.78, 5) is 0. The van der Waals surface area contributed by atoms with Crippen LogP contribution in [0, 0.1) is 22.6 Å². The van der Waals surface area contributed by atoms with Crippen LogP contribution in [-0.2, 0) is 12.0 Å². The van der Waals surface area contributed by atoms with Crippen LogP contribution in [0.4, 0.5) is 4.39 Å². The molecule has 1 aromatic carbocycles. The van der Waals surface area contributed by atoms with Gasteiger partial charge >= 0.3 is 0 Å². The first-order chi connectivity index (χ1) is 10.1. The van der Waals surface area contributed by atoms with E-state index in [1.54, 1.807) is 6.07 Å². The molecule has 112 valence electrons. The molecule has 1 N–H and O–H groups in total. The number of nitrogens with zero attached hydrogens (tertiary/aromatic N) is 1. The number of halogens is 1. The van der Waals surface area contributed by atoms with Gasteiger partial charge in [0.25, 0.3) is 0 Å². The maximum atomic E-state index is 13.4. The van der Waals surface area contributed by atoms with E-state index in [1.165, 1.54) is 18.6 Å². The number of aryl methyl sites for hydroxylation is 1. The van der Waals surface area contributed by atoms with Crippen LogP contribution < -0.4 is 0 Å². The third-order valence-electron chi connectivity index (χ3n) is 5.48. The first kappa shape index (κ1) is 14.5. The molecule has 1 unspecified atom stereocenters. The van der Waals surface area contributed by atoms with E-state index in [2.05, 4.69) is 6.07 Å². The van der Waals surface area contributed by atoms with Crippen LogP contribution in [0.25, 0.3) is 0 Å². The lowest BCUT2D eigenvalue weighted by Gasteiger charge is -2.42. The van der Waals surface area contributed by atoms with Crippen molar-refractivity contribution in [2.45, 2.75) is 63.4 Å². The Hall–Kier alpha value is -1.40. The minimum Gasteiger partial charge on any atom is -0.383 e. The third-order valence-corrected chi connectivity index (χ3v) is 5.48. The Morgan fingerprint density at radius 3 is 2.38 bits per heavy atom. The molecule has 1 saturated carbocycles. The molecule has 0 aliphatic heterocycles. The first-order valence-corrected chi connectivity index (χ1v) is 8.04. The molecule has 2 aliphatic carbocycles. The molecule has 3 rings (SSSR count). The standard InChI is InChI=1S/C18H22FNO/c19-15-6-7-16-14(12-15)8-11-18(16,21)17(13-20)9-4-2-1-3-5-10-17/h6-7,12,21H,1-5,8-11H2. The lowest BCUT2D eigenvalue weighted by molar-refractivity contribution is -0.0725. The monoisotopic (exact) mass is 287 g/mol. The van der Waals surface area contributed by atoms with Crippen molar-refractivity contribution in [1.29, 1.82) is 5.26 Å². The molecule has 2 aliphatic rings. The van der Waals surface area contributed by atoms with Gasteiger partial charge in [-0.05, 0) is 48.9 Å². The van der Waals surface area contributed by atoms with Gasteiger partial charge in [-0.25, -0.2) is 4.39 Å². The van der Waals surface area contributed by atoms with Crippen molar-refractivity contribution in [2.24, 2.45) is 5.41 Å². The summed E-state index contributed by atoms with van der Waals surface area (Å²) in [7, 11) is 0. The molecule has 0 spiro atoms. The van der Waals surface area contributed by atoms with Crippen LogP contribution in [-0.4, -0.2) is 5.11 Å². The van der Waals surface area contributed by atoms with E-state index < -0.39 is 11.0 Å². The predicted molar refractivity (Wildman–Crippen MR) is 79.0 cm³/mol. The molecule has 0 saturated heterocycles. The Kier molecular flexibility index (Phi) is 3.75. The second-order valence-electron chi connectivity index (χ2n) is 6.62. The van der Waals surface area contributed by atoms with Gasteiger partial charge in [-0.1, -0.05) is 38.2 Å². The Labute approximate surface area is 125 Å². The van der Waals surface area contributed by atoms with Gasteiger partial charge in [0, 0.05) is 0 Å². The van der Waals surface area contributed by atoms with Crippen LogP contribution in [0.5, 0.6) is 0 Å². The van der Waals surface area contributed by atoms with Crippen molar-refractivity contribution in [3.63, 3.8) is 0 Å². The molecule has 0 aromatic heterocycles. The maximum absolute atomic E-state index is 13.4. The fourth-order valence-corrected chi connectivity index (χ4v) is 4.25. The molecular weight excluding hydrogens is 265 g/mol. The van der Waals surface area contributed by atoms with Crippen LogP contribution in [0.2, 0.25) is 0 Å². The van der Waals surface area contributed by atoms with Crippen molar-refractivity contribution in [2.75, 3.05) is 0 Å². The number of rotatable bonds is 1. The highest BCUT2D eigenvalue weighted by atomic mass is 19.1. The average molecular weight is 287 g/mol. The fraction of sp³-hybridized carbons (Fsp3) is 0.611. The quantitative estimate of drug-likeness (QED) is 0.840. The van der Waals surface area contributed by atoms with E-state index >= 15 is 0 Å². The van der Waals surface area contributed by atoms with Gasteiger partial charge in [0.05, 0.1) is 11.5 Å². The van der Waals surface area contributed by atoms with Crippen molar-refractivity contribution >= 4 is 0 Å². The summed E-state index contributed by atoms with van der Waals surface area (Å²) >= 11 is 0. The summed E-state index contributed by atoms with van der Waals surface area (Å²) in [5.74, 6) is -0.262. The van der Waals surface area contributed by atoms with Gasteiger partial charge < -0.3 is 5.11 Å². The molecule has 0 bridgehead atoms. The zero-order chi connectivity index (χ0) is 14.9. The topological polar surface area (TPSA) is 44.0 Å². The zero-order valence-corrected chi connectivity index (χ0v) is 12.4. The molecule has 1 fully saturated rings. The molecule has 1 aromatic rings. The summed E-state index contributed by atoms with van der Waals surface area (Å²) in [5.41, 5.74) is -0.168. The summed E-state index contributed by atoms with van der Waals surface area (Å²) in [6, 6.07) is 7.09. The average Bonchev–Trinajstić information content (AvgIpc) is 2.77. The minimum atomic E-state index is -1.11. The predicted octanol–water partition coefficient (Wildman–Crippen LogP) is 4.21. The van der Waals surface area contributed by atoms with E-state index in [-0.39, 0.29) is 5.82 Å². The Bertz CT molecular complexity index is 569. The second kappa shape index (κ2) is 5.42. The van der Waals surface area contributed by atoms with Gasteiger partial charge in [0.2, 0.25) is 0 Å². The molecular formula is C18H22FNO. The lowest BCUT2D eigenvalue weighted by Crippen LogP contribution is -2.44. The first-order valence-electron chi connectivity index (χ1n) is 8.04. The Balaban J connectivity index is 2.03. The molecule has 3 heteroatoms. The number of hydrogen-bond acceptors (Lipinski definition) is 2. The van der Waals surface area contributed by atoms with E-state index in [0.717, 1.165) is 49.7 Å². The highest BCUT2D eigenvalue weighted by Crippen LogP contribution is 2.54. The summed E-state index contributed by atoms with van der Waals surface area (Å²) in [5, 5.41) is 21.3. The number of fused-ring (bicyclic) bond motifs is 1. The van der Waals surface area contributed by atoms with Gasteiger partial charge in [-0.3, -0.25) is 0 Å². The fourth-order valence-electron chi connectivity index (χ4n) is 4.25. The maximum Gasteiger partial charge on any atom is 0.123 e. The van der Waals surface area contributed by atoms with E-state index in [1.807, 2.05) is 0 Å². The number of benzene rings is 1. The smallest absolute Gasteiger partial charge is 0.123 e. The van der Waals surface area contributed by atoms with E-state index in [4.69, 9.17) is 0 Å². The summed E-state index contributed by atoms with van der Waals surface area (Å²) in [6.45, 7) is 0. The molecule has 0 radical (unpaired) electrons. The Morgan fingerprint density at radius 2 is 1.71 bits per heavy atom. The lowest BCUT2D eigenvalue weighted by atomic mass is 9.63. The van der Waals surface area contributed by atoms with Crippen molar-refractivity contribution in [3.8, 4) is 6.07 Å². The van der Waals surface area contributed by atoms with Crippen LogP contribution in [0.15, 0.2) is 18.2 Å². The largest absolute Gasteiger partial charge is 0.383 e. The third kappa shape index (κ3) is 2.26. The van der Waals surface area contributed by atoms with Gasteiger partial charge in [-0.15, -0.1) is 0 Å². The van der Waals surface area contributed by atoms with E-state index in [0.29, 0.717) is 12.8 Å². The molecule has 0 heterocycles. The highest BCUT2D eigenvalue weighted by Gasteiger charge is 2.54. The number of aliphatic hydroxyl groups is 1. The van der Waals surface area contributed by atoms with E-state index in [9.17, 15) is 14.8 Å². The highest BCUT2D eigenvalue weighted by molar-refractivity contribution is 5.41. The van der Waals surface area contributed by atoms with Gasteiger partial charge in [0.15, 0.2) is 0 Å². The number of hydrogen-bond donors (Lipinski definition) is 1. The van der Waals surface area contributed by atoms with Crippen LogP contribution in [0.1, 0.15) is 62.5 Å². The minimum absolute atomic E-state index is 0.262. The normalized spacial score (nSPS) is 28.2. The summed E-state index contributed by atoms with van der Waals surface area (Å²) in [6.07, 6.45) is 8.17. The molecule has 0 amide bonds. The van der Waals surface area contributed by atoms with Gasteiger partial charge in [0.1, 0.15) is 11.4 Å². The Morgan fingerprint density at radius 1 is 1.05 bits per heavy atom. The zero-order valence-electron chi connectivity index (χ0n) is 12.4. The van der Waals surface area contributed by atoms with Crippen molar-refractivity contribution < 1.29 is 9.50 Å². The van der Waals surface area contributed by atoms with Crippen molar-refractivity contribution in [1.82, 2.24) is 0 Å². The molecule has 1 atom stereocenters. The van der Waals surface area contributed by atoms with Crippen LogP contribution >= 0.6 is 0 Å². The van der Waals surface area contributed by atoms with Gasteiger partial charge in [-0.2, -0.15) is 5.26 Å². The van der Waals surface area contributed by atoms with Crippen LogP contribution in [0.3, 0.4) is 0 Å². The van der Waals surface area contributed by atoms with Crippen molar-refractivity contribution in [3.05, 3.63) is 35.1 Å². The number of nitriles is 1. The molecule has 21 heavy (non-hydrogen) atoms.